The third-order valence-corrected chi connectivity index (χ3v) is 2.44. The molecule has 1 aliphatic rings. The Morgan fingerprint density at radius 2 is 2.00 bits per heavy atom. The monoisotopic (exact) mass is 171 g/mol. The molecule has 0 aromatic rings. The predicted molar refractivity (Wildman–Crippen MR) is 46.6 cm³/mol. The number of rotatable bonds is 2. The van der Waals surface area contributed by atoms with Crippen molar-refractivity contribution in [3.8, 4) is 0 Å². The van der Waals surface area contributed by atoms with Crippen molar-refractivity contribution in [3.05, 3.63) is 0 Å². The topological polar surface area (TPSA) is 52.3 Å². The van der Waals surface area contributed by atoms with Crippen molar-refractivity contribution < 1.29 is 9.53 Å². The normalized spacial score (nSPS) is 21.8. The lowest BCUT2D eigenvalue weighted by Gasteiger charge is -2.32. The lowest BCUT2D eigenvalue weighted by atomic mass is 9.86. The van der Waals surface area contributed by atoms with Gasteiger partial charge in [0.05, 0.1) is 6.54 Å². The first kappa shape index (κ1) is 9.52. The summed E-state index contributed by atoms with van der Waals surface area (Å²) in [5.74, 6) is -0.278. The van der Waals surface area contributed by atoms with Gasteiger partial charge in [0.25, 0.3) is 0 Å². The fourth-order valence-electron chi connectivity index (χ4n) is 1.72. The standard InChI is InChI=1S/C9H17NO2/c1-9(12-8(11)7-10)5-3-2-4-6-9/h2-7,10H2,1H3. The quantitative estimate of drug-likeness (QED) is 0.635. The van der Waals surface area contributed by atoms with Crippen molar-refractivity contribution in [1.29, 1.82) is 0 Å². The van der Waals surface area contributed by atoms with Gasteiger partial charge in [0.2, 0.25) is 0 Å². The molecule has 0 heterocycles. The number of nitrogens with two attached hydrogens (primary N) is 1. The molecule has 2 N–H and O–H groups in total. The van der Waals surface area contributed by atoms with Crippen molar-refractivity contribution in [1.82, 2.24) is 0 Å². The molecule has 3 nitrogen and oxygen atoms in total. The zero-order chi connectivity index (χ0) is 9.03. The van der Waals surface area contributed by atoms with Crippen LogP contribution in [0.25, 0.3) is 0 Å². The first-order valence-corrected chi connectivity index (χ1v) is 4.58. The van der Waals surface area contributed by atoms with Crippen LogP contribution in [0.1, 0.15) is 39.0 Å². The van der Waals surface area contributed by atoms with Crippen LogP contribution in [-0.2, 0) is 9.53 Å². The van der Waals surface area contributed by atoms with Crippen molar-refractivity contribution in [3.63, 3.8) is 0 Å². The summed E-state index contributed by atoms with van der Waals surface area (Å²) >= 11 is 0. The van der Waals surface area contributed by atoms with Crippen LogP contribution < -0.4 is 5.73 Å². The van der Waals surface area contributed by atoms with Crippen molar-refractivity contribution in [2.75, 3.05) is 6.54 Å². The summed E-state index contributed by atoms with van der Waals surface area (Å²) in [6.07, 6.45) is 5.55. The van der Waals surface area contributed by atoms with E-state index in [1.165, 1.54) is 6.42 Å². The third kappa shape index (κ3) is 2.48. The smallest absolute Gasteiger partial charge is 0.320 e. The Morgan fingerprint density at radius 3 is 2.50 bits per heavy atom. The summed E-state index contributed by atoms with van der Waals surface area (Å²) in [5.41, 5.74) is 4.95. The van der Waals surface area contributed by atoms with Crippen LogP contribution in [0.4, 0.5) is 0 Å². The molecular weight excluding hydrogens is 154 g/mol. The molecule has 1 aliphatic carbocycles. The highest BCUT2D eigenvalue weighted by Crippen LogP contribution is 2.30. The van der Waals surface area contributed by atoms with Crippen molar-refractivity contribution in [2.45, 2.75) is 44.6 Å². The van der Waals surface area contributed by atoms with E-state index in [0.717, 1.165) is 25.7 Å². The van der Waals surface area contributed by atoms with E-state index in [1.54, 1.807) is 0 Å². The zero-order valence-electron chi connectivity index (χ0n) is 7.64. The van der Waals surface area contributed by atoms with E-state index in [-0.39, 0.29) is 18.1 Å². The van der Waals surface area contributed by atoms with E-state index in [9.17, 15) is 4.79 Å². The number of carbonyl (C=O) groups excluding carboxylic acids is 1. The lowest BCUT2D eigenvalue weighted by Crippen LogP contribution is -2.36. The molecule has 0 bridgehead atoms. The highest BCUT2D eigenvalue weighted by molar-refractivity contribution is 5.71. The van der Waals surface area contributed by atoms with Crippen LogP contribution in [0.2, 0.25) is 0 Å². The van der Waals surface area contributed by atoms with Crippen LogP contribution in [0.5, 0.6) is 0 Å². The van der Waals surface area contributed by atoms with Gasteiger partial charge in [-0.25, -0.2) is 0 Å². The van der Waals surface area contributed by atoms with Gasteiger partial charge in [-0.2, -0.15) is 0 Å². The molecule has 1 fully saturated rings. The molecule has 70 valence electrons. The van der Waals surface area contributed by atoms with Gasteiger partial charge < -0.3 is 10.5 Å². The molecule has 0 radical (unpaired) electrons. The molecule has 1 saturated carbocycles. The first-order valence-electron chi connectivity index (χ1n) is 4.58. The number of carbonyl (C=O) groups is 1. The number of hydrogen-bond acceptors (Lipinski definition) is 3. The average molecular weight is 171 g/mol. The third-order valence-electron chi connectivity index (χ3n) is 2.44. The fraction of sp³-hybridized carbons (Fsp3) is 0.889. The minimum atomic E-state index is -0.278. The van der Waals surface area contributed by atoms with Crippen LogP contribution in [0.15, 0.2) is 0 Å². The maximum atomic E-state index is 10.9. The van der Waals surface area contributed by atoms with E-state index in [4.69, 9.17) is 10.5 Å². The van der Waals surface area contributed by atoms with E-state index >= 15 is 0 Å². The second kappa shape index (κ2) is 3.90. The van der Waals surface area contributed by atoms with Gasteiger partial charge in [-0.1, -0.05) is 6.42 Å². The Morgan fingerprint density at radius 1 is 1.42 bits per heavy atom. The maximum Gasteiger partial charge on any atom is 0.320 e. The van der Waals surface area contributed by atoms with E-state index in [2.05, 4.69) is 0 Å². The first-order chi connectivity index (χ1) is 5.66. The molecule has 1 rings (SSSR count). The minimum absolute atomic E-state index is 0.00438. The minimum Gasteiger partial charge on any atom is -0.458 e. The molecule has 0 aliphatic heterocycles. The van der Waals surface area contributed by atoms with Crippen molar-refractivity contribution >= 4 is 5.97 Å². The molecule has 0 spiro atoms. The molecule has 0 amide bonds. The Hall–Kier alpha value is -0.570. The summed E-state index contributed by atoms with van der Waals surface area (Å²) < 4.78 is 5.26. The lowest BCUT2D eigenvalue weighted by molar-refractivity contribution is -0.159. The highest BCUT2D eigenvalue weighted by Gasteiger charge is 2.29. The second-order valence-corrected chi connectivity index (χ2v) is 3.69. The Balaban J connectivity index is 2.41. The van der Waals surface area contributed by atoms with E-state index < -0.39 is 0 Å². The van der Waals surface area contributed by atoms with Crippen LogP contribution in [-0.4, -0.2) is 18.1 Å². The maximum absolute atomic E-state index is 10.9. The largest absolute Gasteiger partial charge is 0.458 e. The summed E-state index contributed by atoms with van der Waals surface area (Å²) in [6.45, 7) is 2.00. The van der Waals surface area contributed by atoms with Crippen LogP contribution >= 0.6 is 0 Å². The SMILES string of the molecule is CC1(OC(=O)CN)CCCCC1. The van der Waals surface area contributed by atoms with E-state index in [0.29, 0.717) is 0 Å². The number of esters is 1. The summed E-state index contributed by atoms with van der Waals surface area (Å²) in [6, 6.07) is 0. The number of ether oxygens (including phenoxy) is 1. The van der Waals surface area contributed by atoms with Gasteiger partial charge in [-0.15, -0.1) is 0 Å². The Labute approximate surface area is 73.3 Å². The van der Waals surface area contributed by atoms with Gasteiger partial charge in [-0.05, 0) is 32.6 Å². The van der Waals surface area contributed by atoms with Crippen LogP contribution in [0.3, 0.4) is 0 Å². The molecular formula is C9H17NO2. The summed E-state index contributed by atoms with van der Waals surface area (Å²) in [5, 5.41) is 0. The Bertz CT molecular complexity index is 162. The van der Waals surface area contributed by atoms with E-state index in [1.807, 2.05) is 6.92 Å². The van der Waals surface area contributed by atoms with Gasteiger partial charge in [0.15, 0.2) is 0 Å². The van der Waals surface area contributed by atoms with Gasteiger partial charge >= 0.3 is 5.97 Å². The Kier molecular flexibility index (Phi) is 3.09. The second-order valence-electron chi connectivity index (χ2n) is 3.69. The molecule has 0 saturated heterocycles. The average Bonchev–Trinajstić information content (AvgIpc) is 2.05. The number of hydrogen-bond donors (Lipinski definition) is 1. The van der Waals surface area contributed by atoms with Crippen molar-refractivity contribution in [2.24, 2.45) is 5.73 Å². The van der Waals surface area contributed by atoms with Gasteiger partial charge in [0, 0.05) is 0 Å². The molecule has 0 aromatic carbocycles. The van der Waals surface area contributed by atoms with Gasteiger partial charge in [-0.3, -0.25) is 4.79 Å². The fourth-order valence-corrected chi connectivity index (χ4v) is 1.72. The molecule has 3 heteroatoms. The summed E-state index contributed by atoms with van der Waals surface area (Å²) in [4.78, 5) is 10.9. The molecule has 0 atom stereocenters. The van der Waals surface area contributed by atoms with Crippen LogP contribution in [0, 0.1) is 0 Å². The molecule has 12 heavy (non-hydrogen) atoms. The predicted octanol–water partition coefficient (Wildman–Crippen LogP) is 1.21. The highest BCUT2D eigenvalue weighted by atomic mass is 16.6. The molecule has 0 aromatic heterocycles. The zero-order valence-corrected chi connectivity index (χ0v) is 7.64. The van der Waals surface area contributed by atoms with Gasteiger partial charge in [0.1, 0.15) is 5.60 Å². The summed E-state index contributed by atoms with van der Waals surface area (Å²) in [7, 11) is 0. The molecule has 0 unspecified atom stereocenters.